The van der Waals surface area contributed by atoms with Crippen LogP contribution < -0.4 is 5.73 Å². The predicted molar refractivity (Wildman–Crippen MR) is 77.1 cm³/mol. The molecule has 2 atom stereocenters. The van der Waals surface area contributed by atoms with Crippen LogP contribution in [0.5, 0.6) is 0 Å². The van der Waals surface area contributed by atoms with Gasteiger partial charge in [-0.15, -0.1) is 0 Å². The van der Waals surface area contributed by atoms with Crippen LogP contribution in [-0.4, -0.2) is 5.54 Å². The first-order valence-corrected chi connectivity index (χ1v) is 7.74. The Labute approximate surface area is 109 Å². The summed E-state index contributed by atoms with van der Waals surface area (Å²) in [6.45, 7) is 9.40. The summed E-state index contributed by atoms with van der Waals surface area (Å²) in [7, 11) is 0. The maximum absolute atomic E-state index is 6.79. The van der Waals surface area contributed by atoms with E-state index in [4.69, 9.17) is 5.73 Å². The van der Waals surface area contributed by atoms with E-state index in [2.05, 4.69) is 27.7 Å². The van der Waals surface area contributed by atoms with Crippen molar-refractivity contribution < 1.29 is 0 Å². The molecule has 0 heterocycles. The molecule has 0 aromatic heterocycles. The molecule has 0 saturated heterocycles. The summed E-state index contributed by atoms with van der Waals surface area (Å²) < 4.78 is 0. The number of nitrogens with two attached hydrogens (primary N) is 1. The molecule has 17 heavy (non-hydrogen) atoms. The topological polar surface area (TPSA) is 26.0 Å². The Morgan fingerprint density at radius 3 is 2.29 bits per heavy atom. The van der Waals surface area contributed by atoms with Gasteiger partial charge in [0, 0.05) is 5.54 Å². The molecule has 0 aromatic rings. The molecule has 1 rings (SSSR count). The zero-order chi connectivity index (χ0) is 12.9. The Balaban J connectivity index is 2.61. The minimum absolute atomic E-state index is 0.0969. The standard InChI is InChI=1S/C16H33N/c1-5-7-10-14(6-2)13-16(17)12-9-8-11-15(16,3)4/h14H,5-13,17H2,1-4H3. The van der Waals surface area contributed by atoms with Crippen molar-refractivity contribution in [2.45, 2.75) is 91.0 Å². The molecule has 0 amide bonds. The molecule has 102 valence electrons. The highest BCUT2D eigenvalue weighted by molar-refractivity contribution is 5.01. The van der Waals surface area contributed by atoms with Crippen LogP contribution in [0.2, 0.25) is 0 Å². The molecule has 1 aliphatic rings. The lowest BCUT2D eigenvalue weighted by atomic mass is 9.60. The van der Waals surface area contributed by atoms with Crippen LogP contribution in [0.25, 0.3) is 0 Å². The van der Waals surface area contributed by atoms with Gasteiger partial charge in [0.05, 0.1) is 0 Å². The van der Waals surface area contributed by atoms with Crippen LogP contribution in [0.1, 0.15) is 85.5 Å². The molecular weight excluding hydrogens is 206 g/mol. The van der Waals surface area contributed by atoms with Crippen LogP contribution >= 0.6 is 0 Å². The summed E-state index contributed by atoms with van der Waals surface area (Å²) in [5.74, 6) is 0.845. The van der Waals surface area contributed by atoms with Crippen molar-refractivity contribution in [3.8, 4) is 0 Å². The highest BCUT2D eigenvalue weighted by Crippen LogP contribution is 2.46. The van der Waals surface area contributed by atoms with Gasteiger partial charge >= 0.3 is 0 Å². The molecule has 0 spiro atoms. The van der Waals surface area contributed by atoms with Gasteiger partial charge in [-0.2, -0.15) is 0 Å². The third-order valence-corrected chi connectivity index (χ3v) is 5.22. The molecule has 0 bridgehead atoms. The van der Waals surface area contributed by atoms with Crippen LogP contribution in [0, 0.1) is 11.3 Å². The van der Waals surface area contributed by atoms with E-state index in [-0.39, 0.29) is 5.54 Å². The Morgan fingerprint density at radius 1 is 1.12 bits per heavy atom. The van der Waals surface area contributed by atoms with E-state index in [0.29, 0.717) is 5.41 Å². The van der Waals surface area contributed by atoms with Gasteiger partial charge in [-0.1, -0.05) is 66.2 Å². The predicted octanol–water partition coefficient (Wildman–Crippen LogP) is 4.89. The van der Waals surface area contributed by atoms with E-state index in [0.717, 1.165) is 5.92 Å². The zero-order valence-corrected chi connectivity index (χ0v) is 12.5. The van der Waals surface area contributed by atoms with Crippen molar-refractivity contribution in [3.63, 3.8) is 0 Å². The normalized spacial score (nSPS) is 30.2. The number of hydrogen-bond donors (Lipinski definition) is 1. The van der Waals surface area contributed by atoms with Crippen molar-refractivity contribution in [2.75, 3.05) is 0 Å². The summed E-state index contributed by atoms with van der Waals surface area (Å²) in [6, 6.07) is 0. The number of rotatable bonds is 6. The quantitative estimate of drug-likeness (QED) is 0.701. The van der Waals surface area contributed by atoms with Crippen LogP contribution in [0.15, 0.2) is 0 Å². The fraction of sp³-hybridized carbons (Fsp3) is 1.00. The lowest BCUT2D eigenvalue weighted by molar-refractivity contribution is 0.0715. The number of hydrogen-bond acceptors (Lipinski definition) is 1. The minimum Gasteiger partial charge on any atom is -0.325 e. The maximum atomic E-state index is 6.79. The third kappa shape index (κ3) is 3.71. The molecule has 1 heteroatoms. The summed E-state index contributed by atoms with van der Waals surface area (Å²) in [5.41, 5.74) is 7.22. The summed E-state index contributed by atoms with van der Waals surface area (Å²) in [4.78, 5) is 0. The largest absolute Gasteiger partial charge is 0.325 e. The van der Waals surface area contributed by atoms with Crippen molar-refractivity contribution in [2.24, 2.45) is 17.1 Å². The Kier molecular flexibility index (Phi) is 5.50. The Bertz CT molecular complexity index is 222. The molecule has 1 saturated carbocycles. The summed E-state index contributed by atoms with van der Waals surface area (Å²) in [6.07, 6.45) is 11.9. The average molecular weight is 239 g/mol. The van der Waals surface area contributed by atoms with E-state index in [1.807, 2.05) is 0 Å². The van der Waals surface area contributed by atoms with E-state index >= 15 is 0 Å². The maximum Gasteiger partial charge on any atom is 0.0208 e. The van der Waals surface area contributed by atoms with E-state index in [1.165, 1.54) is 57.8 Å². The van der Waals surface area contributed by atoms with Gasteiger partial charge < -0.3 is 5.73 Å². The van der Waals surface area contributed by atoms with E-state index < -0.39 is 0 Å². The molecule has 1 aliphatic carbocycles. The monoisotopic (exact) mass is 239 g/mol. The molecule has 0 radical (unpaired) electrons. The molecule has 0 aliphatic heterocycles. The fourth-order valence-electron chi connectivity index (χ4n) is 3.43. The van der Waals surface area contributed by atoms with Crippen molar-refractivity contribution >= 4 is 0 Å². The third-order valence-electron chi connectivity index (χ3n) is 5.22. The van der Waals surface area contributed by atoms with Gasteiger partial charge in [-0.05, 0) is 30.6 Å². The molecule has 0 aromatic carbocycles. The van der Waals surface area contributed by atoms with Crippen LogP contribution in [0.3, 0.4) is 0 Å². The van der Waals surface area contributed by atoms with Gasteiger partial charge in [0.2, 0.25) is 0 Å². The second-order valence-electron chi connectivity index (χ2n) is 6.87. The average Bonchev–Trinajstić information content (AvgIpc) is 2.28. The van der Waals surface area contributed by atoms with Gasteiger partial charge in [0.25, 0.3) is 0 Å². The van der Waals surface area contributed by atoms with Crippen LogP contribution in [-0.2, 0) is 0 Å². The van der Waals surface area contributed by atoms with Gasteiger partial charge in [-0.25, -0.2) is 0 Å². The second-order valence-corrected chi connectivity index (χ2v) is 6.87. The SMILES string of the molecule is CCCCC(CC)CC1(N)CCCCC1(C)C. The Hall–Kier alpha value is -0.0400. The number of unbranched alkanes of at least 4 members (excludes halogenated alkanes) is 1. The molecule has 2 unspecified atom stereocenters. The molecule has 2 N–H and O–H groups in total. The summed E-state index contributed by atoms with van der Waals surface area (Å²) in [5, 5.41) is 0. The smallest absolute Gasteiger partial charge is 0.0208 e. The lowest BCUT2D eigenvalue weighted by Crippen LogP contribution is -2.55. The highest BCUT2D eigenvalue weighted by atomic mass is 14.8. The van der Waals surface area contributed by atoms with E-state index in [9.17, 15) is 0 Å². The zero-order valence-electron chi connectivity index (χ0n) is 12.5. The second kappa shape index (κ2) is 6.22. The molecule has 1 nitrogen and oxygen atoms in total. The van der Waals surface area contributed by atoms with Gasteiger partial charge in [0.15, 0.2) is 0 Å². The first-order chi connectivity index (χ1) is 7.95. The van der Waals surface area contributed by atoms with Gasteiger partial charge in [-0.3, -0.25) is 0 Å². The first-order valence-electron chi connectivity index (χ1n) is 7.74. The minimum atomic E-state index is 0.0969. The highest BCUT2D eigenvalue weighted by Gasteiger charge is 2.44. The Morgan fingerprint density at radius 2 is 1.76 bits per heavy atom. The van der Waals surface area contributed by atoms with Crippen molar-refractivity contribution in [1.29, 1.82) is 0 Å². The van der Waals surface area contributed by atoms with Gasteiger partial charge in [0.1, 0.15) is 0 Å². The summed E-state index contributed by atoms with van der Waals surface area (Å²) >= 11 is 0. The molecular formula is C16H33N. The van der Waals surface area contributed by atoms with E-state index in [1.54, 1.807) is 0 Å². The van der Waals surface area contributed by atoms with Crippen LogP contribution in [0.4, 0.5) is 0 Å². The van der Waals surface area contributed by atoms with Crippen molar-refractivity contribution in [1.82, 2.24) is 0 Å². The first kappa shape index (κ1) is 15.0. The fourth-order valence-corrected chi connectivity index (χ4v) is 3.43. The molecule has 1 fully saturated rings. The van der Waals surface area contributed by atoms with Crippen molar-refractivity contribution in [3.05, 3.63) is 0 Å². The lowest BCUT2D eigenvalue weighted by Gasteiger charge is -2.49.